The van der Waals surface area contributed by atoms with E-state index in [2.05, 4.69) is 42.2 Å². The smallest absolute Gasteiger partial charge is 0.248 e. The summed E-state index contributed by atoms with van der Waals surface area (Å²) in [5.74, 6) is -1.23. The van der Waals surface area contributed by atoms with Crippen LogP contribution in [-0.4, -0.2) is 164 Å². The molecule has 1 aliphatic carbocycles. The summed E-state index contributed by atoms with van der Waals surface area (Å²) in [5, 5.41) is 20.6. The van der Waals surface area contributed by atoms with Crippen LogP contribution in [0.25, 0.3) is 0 Å². The van der Waals surface area contributed by atoms with Gasteiger partial charge >= 0.3 is 0 Å². The molecule has 0 radical (unpaired) electrons. The monoisotopic (exact) mass is 947 g/mol. The number of rotatable bonds is 35. The molecule has 4 heterocycles. The van der Waals surface area contributed by atoms with E-state index in [4.69, 9.17) is 37.9 Å². The van der Waals surface area contributed by atoms with Crippen LogP contribution in [0.4, 0.5) is 8.78 Å². The van der Waals surface area contributed by atoms with Gasteiger partial charge in [-0.05, 0) is 63.9 Å². The summed E-state index contributed by atoms with van der Waals surface area (Å²) in [6.07, 6.45) is 8.68. The molecule has 3 atom stereocenters. The number of fused-ring (bicyclic) bond motifs is 2. The van der Waals surface area contributed by atoms with E-state index in [0.717, 1.165) is 74.6 Å². The molecule has 3 fully saturated rings. The van der Waals surface area contributed by atoms with E-state index in [0.29, 0.717) is 130 Å². The van der Waals surface area contributed by atoms with Crippen LogP contribution >= 0.6 is 0 Å². The van der Waals surface area contributed by atoms with Crippen molar-refractivity contribution < 1.29 is 51.5 Å². The summed E-state index contributed by atoms with van der Waals surface area (Å²) in [7, 11) is 0. The Bertz CT molecular complexity index is 1790. The van der Waals surface area contributed by atoms with Gasteiger partial charge < -0.3 is 47.8 Å². The fourth-order valence-corrected chi connectivity index (χ4v) is 9.34. The molecule has 3 aliphatic rings. The Hall–Kier alpha value is -3.53. The third-order valence-electron chi connectivity index (χ3n) is 12.8. The second-order valence-electron chi connectivity index (χ2n) is 17.7. The number of aromatic nitrogens is 6. The summed E-state index contributed by atoms with van der Waals surface area (Å²) < 4.78 is 76.6. The summed E-state index contributed by atoms with van der Waals surface area (Å²) in [6.45, 7) is 13.8. The molecule has 1 amide bonds. The molecule has 2 aliphatic heterocycles. The van der Waals surface area contributed by atoms with E-state index in [1.165, 1.54) is 0 Å². The highest BCUT2D eigenvalue weighted by Gasteiger charge is 2.42. The Labute approximate surface area is 395 Å². The number of nitrogens with one attached hydrogen (secondary N) is 1. The largest absolute Gasteiger partial charge is 0.379 e. The predicted octanol–water partition coefficient (Wildman–Crippen LogP) is 5.70. The van der Waals surface area contributed by atoms with Gasteiger partial charge in [0.25, 0.3) is 0 Å². The topological polar surface area (TPSA) is 168 Å². The summed E-state index contributed by atoms with van der Waals surface area (Å²) in [4.78, 5) is 15.9. The zero-order valence-corrected chi connectivity index (χ0v) is 39.9. The second kappa shape index (κ2) is 29.5. The fraction of sp³-hybridized carbons (Fsp3) is 0.771. The standard InChI is InChI=1S/C48H76F2N8O9/c1-3-19-60-22-25-63-28-29-65-27-24-62-21-18-56-36-41(53-55-56)37-67-33-32-66-31-30-64-26-23-61-20-14-46-54-52-38(2)58(46)44-34-42-9-10-43(35-44)57(42)17-13-45(39-7-5-4-6-8-39)51-47(59)40-11-15-48(49,50)16-12-40/h4-8,36,40,42-45H,3,9-35,37H2,1-2H3,(H,51,59)/t42?,43?,44?,45-/m0/s1. The Balaban J connectivity index is 0.769. The first-order valence-electron chi connectivity index (χ1n) is 24.7. The molecule has 2 bridgehead atoms. The molecule has 3 aromatic rings. The molecule has 2 unspecified atom stereocenters. The maximum atomic E-state index is 13.8. The van der Waals surface area contributed by atoms with Gasteiger partial charge in [-0.1, -0.05) is 42.5 Å². The number of benzene rings is 1. The summed E-state index contributed by atoms with van der Waals surface area (Å²) in [5.41, 5.74) is 1.80. The molecule has 17 nitrogen and oxygen atoms in total. The minimum absolute atomic E-state index is 0.100. The molecule has 1 saturated carbocycles. The van der Waals surface area contributed by atoms with E-state index in [9.17, 15) is 13.6 Å². The lowest BCUT2D eigenvalue weighted by Crippen LogP contribution is -2.45. The molecule has 2 aromatic heterocycles. The van der Waals surface area contributed by atoms with Crippen molar-refractivity contribution in [2.24, 2.45) is 5.92 Å². The predicted molar refractivity (Wildman–Crippen MR) is 245 cm³/mol. The number of hydrogen-bond acceptors (Lipinski definition) is 14. The maximum absolute atomic E-state index is 13.8. The van der Waals surface area contributed by atoms with Gasteiger partial charge in [0, 0.05) is 56.5 Å². The van der Waals surface area contributed by atoms with Crippen molar-refractivity contribution in [2.75, 3.05) is 106 Å². The molecular formula is C48H76F2N8O9. The Morgan fingerprint density at radius 3 is 1.88 bits per heavy atom. The maximum Gasteiger partial charge on any atom is 0.248 e. The Kier molecular flexibility index (Phi) is 23.3. The van der Waals surface area contributed by atoms with E-state index < -0.39 is 5.92 Å². The van der Waals surface area contributed by atoms with Crippen LogP contribution in [0, 0.1) is 12.8 Å². The molecule has 0 spiro atoms. The van der Waals surface area contributed by atoms with Crippen molar-refractivity contribution in [3.8, 4) is 0 Å². The zero-order chi connectivity index (χ0) is 46.9. The fourth-order valence-electron chi connectivity index (χ4n) is 9.34. The van der Waals surface area contributed by atoms with Gasteiger partial charge in [-0.15, -0.1) is 15.3 Å². The van der Waals surface area contributed by atoms with Crippen LogP contribution in [0.15, 0.2) is 36.5 Å². The zero-order valence-electron chi connectivity index (χ0n) is 39.9. The first-order chi connectivity index (χ1) is 32.8. The number of ether oxygens (including phenoxy) is 8. The van der Waals surface area contributed by atoms with Crippen LogP contribution in [-0.2, 0) is 62.3 Å². The van der Waals surface area contributed by atoms with E-state index in [-0.39, 0.29) is 43.6 Å². The van der Waals surface area contributed by atoms with Crippen LogP contribution in [0.3, 0.4) is 0 Å². The minimum Gasteiger partial charge on any atom is -0.379 e. The number of halogens is 2. The minimum atomic E-state index is -2.66. The molecule has 1 N–H and O–H groups in total. The van der Waals surface area contributed by atoms with Gasteiger partial charge in [0.1, 0.15) is 17.3 Å². The average molecular weight is 947 g/mol. The van der Waals surface area contributed by atoms with Crippen LogP contribution in [0.1, 0.15) is 106 Å². The highest BCUT2D eigenvalue weighted by molar-refractivity contribution is 5.79. The number of nitrogens with zero attached hydrogens (tertiary/aromatic N) is 7. The van der Waals surface area contributed by atoms with Crippen molar-refractivity contribution in [3.63, 3.8) is 0 Å². The summed E-state index contributed by atoms with van der Waals surface area (Å²) >= 11 is 0. The molecule has 19 heteroatoms. The highest BCUT2D eigenvalue weighted by Crippen LogP contribution is 2.42. The number of hydrogen-bond donors (Lipinski definition) is 1. The number of alkyl halides is 2. The van der Waals surface area contributed by atoms with Crippen molar-refractivity contribution in [1.29, 1.82) is 0 Å². The molecule has 1 aromatic carbocycles. The molecule has 2 saturated heterocycles. The highest BCUT2D eigenvalue weighted by atomic mass is 19.3. The molecular weight excluding hydrogens is 871 g/mol. The normalized spacial score (nSPS) is 20.1. The number of aryl methyl sites for hydroxylation is 1. The SMILES string of the molecule is CCCOCCOCCOCCOCCn1cc(COCCOCCOCCOCCc2nnc(C)n2C2CC3CCC(C2)N3CC[C@H](NC(=O)C2CCC(F)(F)CC2)c2ccccc2)nn1. The van der Waals surface area contributed by atoms with E-state index in [1.54, 1.807) is 4.68 Å². The number of carbonyl (C=O) groups is 1. The van der Waals surface area contributed by atoms with Crippen molar-refractivity contribution >= 4 is 5.91 Å². The second-order valence-corrected chi connectivity index (χ2v) is 17.7. The van der Waals surface area contributed by atoms with Gasteiger partial charge in [0.15, 0.2) is 0 Å². The quantitative estimate of drug-likeness (QED) is 0.0713. The van der Waals surface area contributed by atoms with Crippen molar-refractivity contribution in [1.82, 2.24) is 40.0 Å². The first kappa shape index (κ1) is 52.8. The van der Waals surface area contributed by atoms with E-state index in [1.807, 2.05) is 43.5 Å². The van der Waals surface area contributed by atoms with Crippen molar-refractivity contribution in [3.05, 3.63) is 59.4 Å². The van der Waals surface area contributed by atoms with Crippen LogP contribution < -0.4 is 5.32 Å². The third kappa shape index (κ3) is 18.4. The molecule has 6 rings (SSSR count). The van der Waals surface area contributed by atoms with Gasteiger partial charge in [0.05, 0.1) is 118 Å². The van der Waals surface area contributed by atoms with Crippen LogP contribution in [0.2, 0.25) is 0 Å². The van der Waals surface area contributed by atoms with E-state index >= 15 is 0 Å². The lowest BCUT2D eigenvalue weighted by molar-refractivity contribution is -0.130. The number of carbonyl (C=O) groups excluding carboxylic acids is 1. The van der Waals surface area contributed by atoms with Gasteiger partial charge in [-0.3, -0.25) is 9.69 Å². The molecule has 67 heavy (non-hydrogen) atoms. The van der Waals surface area contributed by atoms with Crippen molar-refractivity contribution in [2.45, 2.75) is 128 Å². The van der Waals surface area contributed by atoms with Crippen LogP contribution in [0.5, 0.6) is 0 Å². The summed E-state index contributed by atoms with van der Waals surface area (Å²) in [6, 6.07) is 11.1. The van der Waals surface area contributed by atoms with Gasteiger partial charge in [-0.2, -0.15) is 0 Å². The lowest BCUT2D eigenvalue weighted by Gasteiger charge is -2.40. The molecule has 376 valence electrons. The van der Waals surface area contributed by atoms with Gasteiger partial charge in [0.2, 0.25) is 11.8 Å². The Morgan fingerprint density at radius 1 is 0.701 bits per heavy atom. The Morgan fingerprint density at radius 2 is 1.27 bits per heavy atom. The number of piperidine rings is 1. The van der Waals surface area contributed by atoms with Gasteiger partial charge in [-0.25, -0.2) is 13.5 Å². The lowest BCUT2D eigenvalue weighted by atomic mass is 9.86. The number of amides is 1. The third-order valence-corrected chi connectivity index (χ3v) is 12.8. The average Bonchev–Trinajstić information content (AvgIpc) is 4.01. The first-order valence-corrected chi connectivity index (χ1v) is 24.7.